The quantitative estimate of drug-likeness (QED) is 0.678. The normalized spacial score (nSPS) is 13.7. The summed E-state index contributed by atoms with van der Waals surface area (Å²) in [6.45, 7) is 14.6. The smallest absolute Gasteiger partial charge is 0.0235 e. The summed E-state index contributed by atoms with van der Waals surface area (Å²) in [5, 5.41) is 3.50. The maximum atomic E-state index is 3.50. The lowest BCUT2D eigenvalue weighted by Crippen LogP contribution is -2.39. The van der Waals surface area contributed by atoms with Crippen LogP contribution in [-0.4, -0.2) is 30.6 Å². The summed E-state index contributed by atoms with van der Waals surface area (Å²) in [4.78, 5) is 2.44. The van der Waals surface area contributed by atoms with E-state index in [1.165, 1.54) is 24.0 Å². The van der Waals surface area contributed by atoms with Gasteiger partial charge in [-0.05, 0) is 57.3 Å². The fourth-order valence-corrected chi connectivity index (χ4v) is 2.32. The third-order valence-electron chi connectivity index (χ3n) is 4.74. The van der Waals surface area contributed by atoms with Gasteiger partial charge in [0.2, 0.25) is 0 Å². The van der Waals surface area contributed by atoms with E-state index >= 15 is 0 Å². The Morgan fingerprint density at radius 1 is 1.14 bits per heavy atom. The molecular formula is C19H34N2. The van der Waals surface area contributed by atoms with Crippen molar-refractivity contribution in [1.29, 1.82) is 0 Å². The molecule has 1 N–H and O–H groups in total. The molecule has 0 fully saturated rings. The number of benzene rings is 1. The molecule has 0 aliphatic heterocycles. The third-order valence-corrected chi connectivity index (χ3v) is 4.74. The minimum Gasteiger partial charge on any atom is -0.316 e. The van der Waals surface area contributed by atoms with Crippen molar-refractivity contribution in [1.82, 2.24) is 10.2 Å². The van der Waals surface area contributed by atoms with E-state index in [0.717, 1.165) is 19.6 Å². The molecule has 1 rings (SSSR count). The maximum absolute atomic E-state index is 3.50. The van der Waals surface area contributed by atoms with E-state index in [-0.39, 0.29) is 5.54 Å². The van der Waals surface area contributed by atoms with Crippen molar-refractivity contribution in [3.8, 4) is 0 Å². The highest BCUT2D eigenvalue weighted by atomic mass is 15.2. The first-order valence-corrected chi connectivity index (χ1v) is 8.41. The van der Waals surface area contributed by atoms with Gasteiger partial charge >= 0.3 is 0 Å². The van der Waals surface area contributed by atoms with Crippen LogP contribution >= 0.6 is 0 Å². The third kappa shape index (κ3) is 5.80. The molecule has 0 aliphatic carbocycles. The van der Waals surface area contributed by atoms with E-state index in [9.17, 15) is 0 Å². The van der Waals surface area contributed by atoms with E-state index in [2.05, 4.69) is 76.1 Å². The molecule has 2 nitrogen and oxygen atoms in total. The molecule has 21 heavy (non-hydrogen) atoms. The fourth-order valence-electron chi connectivity index (χ4n) is 2.32. The Morgan fingerprint density at radius 3 is 2.29 bits per heavy atom. The van der Waals surface area contributed by atoms with Gasteiger partial charge in [0.15, 0.2) is 0 Å². The van der Waals surface area contributed by atoms with Crippen LogP contribution in [0.3, 0.4) is 0 Å². The van der Waals surface area contributed by atoms with E-state index in [0.29, 0.717) is 5.92 Å². The first-order chi connectivity index (χ1) is 9.90. The van der Waals surface area contributed by atoms with Crippen molar-refractivity contribution in [3.05, 3.63) is 35.4 Å². The van der Waals surface area contributed by atoms with Crippen molar-refractivity contribution in [2.45, 2.75) is 65.5 Å². The fraction of sp³-hybridized carbons (Fsp3) is 0.684. The number of nitrogens with one attached hydrogen (secondary N) is 1. The van der Waals surface area contributed by atoms with Crippen molar-refractivity contribution >= 4 is 0 Å². The van der Waals surface area contributed by atoms with Crippen molar-refractivity contribution in [3.63, 3.8) is 0 Å². The summed E-state index contributed by atoms with van der Waals surface area (Å²) < 4.78 is 0. The largest absolute Gasteiger partial charge is 0.316 e. The van der Waals surface area contributed by atoms with Gasteiger partial charge < -0.3 is 5.32 Å². The molecule has 0 saturated heterocycles. The zero-order valence-electron chi connectivity index (χ0n) is 14.9. The predicted molar refractivity (Wildman–Crippen MR) is 93.9 cm³/mol. The lowest BCUT2D eigenvalue weighted by molar-refractivity contribution is 0.143. The molecule has 2 heteroatoms. The zero-order chi connectivity index (χ0) is 15.9. The van der Waals surface area contributed by atoms with Gasteiger partial charge in [-0.25, -0.2) is 0 Å². The number of nitrogens with zero attached hydrogens (tertiary/aromatic N) is 1. The Morgan fingerprint density at radius 2 is 1.76 bits per heavy atom. The summed E-state index contributed by atoms with van der Waals surface area (Å²) in [5.74, 6) is 0.579. The Labute approximate surface area is 131 Å². The first-order valence-electron chi connectivity index (χ1n) is 8.41. The molecule has 0 aliphatic rings. The molecule has 1 aromatic carbocycles. The summed E-state index contributed by atoms with van der Waals surface area (Å²) in [6.07, 6.45) is 2.37. The van der Waals surface area contributed by atoms with Gasteiger partial charge in [0.1, 0.15) is 0 Å². The van der Waals surface area contributed by atoms with Crippen LogP contribution in [0, 0.1) is 0 Å². The zero-order valence-corrected chi connectivity index (χ0v) is 14.9. The van der Waals surface area contributed by atoms with Gasteiger partial charge in [0.25, 0.3) is 0 Å². The van der Waals surface area contributed by atoms with Crippen LogP contribution in [0.15, 0.2) is 24.3 Å². The van der Waals surface area contributed by atoms with Crippen LogP contribution in [0.1, 0.15) is 64.5 Å². The highest BCUT2D eigenvalue weighted by Crippen LogP contribution is 2.20. The van der Waals surface area contributed by atoms with Crippen molar-refractivity contribution < 1.29 is 0 Å². The monoisotopic (exact) mass is 290 g/mol. The first kappa shape index (κ1) is 18.2. The molecule has 0 radical (unpaired) electrons. The van der Waals surface area contributed by atoms with Gasteiger partial charge in [-0.3, -0.25) is 4.90 Å². The molecule has 120 valence electrons. The van der Waals surface area contributed by atoms with Crippen LogP contribution < -0.4 is 5.32 Å². The molecular weight excluding hydrogens is 256 g/mol. The summed E-state index contributed by atoms with van der Waals surface area (Å²) >= 11 is 0. The average Bonchev–Trinajstić information content (AvgIpc) is 2.48. The maximum Gasteiger partial charge on any atom is 0.0235 e. The highest BCUT2D eigenvalue weighted by molar-refractivity contribution is 5.25. The minimum atomic E-state index is 0.260. The Kier molecular flexibility index (Phi) is 7.41. The molecule has 0 bridgehead atoms. The summed E-state index contributed by atoms with van der Waals surface area (Å²) in [7, 11) is 2.22. The van der Waals surface area contributed by atoms with Crippen LogP contribution in [-0.2, 0) is 6.54 Å². The second kappa shape index (κ2) is 8.55. The standard InChI is InChI=1S/C19H34N2/c1-7-13-20-14-16(3)18-11-9-17(10-12-18)15-21(6)19(4,5)8-2/h9-12,16,20H,7-8,13-15H2,1-6H3. The van der Waals surface area contributed by atoms with Gasteiger partial charge in [-0.15, -0.1) is 0 Å². The van der Waals surface area contributed by atoms with Crippen molar-refractivity contribution in [2.24, 2.45) is 0 Å². The summed E-state index contributed by atoms with van der Waals surface area (Å²) in [5.41, 5.74) is 3.09. The number of rotatable bonds is 9. The van der Waals surface area contributed by atoms with Crippen LogP contribution in [0.2, 0.25) is 0 Å². The second-order valence-electron chi connectivity index (χ2n) is 6.87. The van der Waals surface area contributed by atoms with Crippen LogP contribution in [0.25, 0.3) is 0 Å². The molecule has 1 aromatic rings. The van der Waals surface area contributed by atoms with E-state index in [4.69, 9.17) is 0 Å². The Hall–Kier alpha value is -0.860. The number of hydrogen-bond donors (Lipinski definition) is 1. The lowest BCUT2D eigenvalue weighted by atomic mass is 9.97. The van der Waals surface area contributed by atoms with Gasteiger partial charge in [-0.2, -0.15) is 0 Å². The van der Waals surface area contributed by atoms with E-state index < -0.39 is 0 Å². The molecule has 0 saturated carbocycles. The van der Waals surface area contributed by atoms with Crippen LogP contribution in [0.4, 0.5) is 0 Å². The van der Waals surface area contributed by atoms with Gasteiger partial charge in [-0.1, -0.05) is 45.0 Å². The molecule has 0 heterocycles. The predicted octanol–water partition coefficient (Wildman–Crippen LogP) is 4.41. The minimum absolute atomic E-state index is 0.260. The molecule has 0 amide bonds. The van der Waals surface area contributed by atoms with E-state index in [1.54, 1.807) is 0 Å². The average molecular weight is 290 g/mol. The summed E-state index contributed by atoms with van der Waals surface area (Å²) in [6, 6.07) is 9.16. The SMILES string of the molecule is CCCNCC(C)c1ccc(CN(C)C(C)(C)CC)cc1. The topological polar surface area (TPSA) is 15.3 Å². The van der Waals surface area contributed by atoms with Crippen LogP contribution in [0.5, 0.6) is 0 Å². The number of hydrogen-bond acceptors (Lipinski definition) is 2. The highest BCUT2D eigenvalue weighted by Gasteiger charge is 2.20. The molecule has 0 aromatic heterocycles. The molecule has 1 unspecified atom stereocenters. The van der Waals surface area contributed by atoms with E-state index in [1.807, 2.05) is 0 Å². The lowest BCUT2D eigenvalue weighted by Gasteiger charge is -2.35. The molecule has 0 spiro atoms. The Bertz CT molecular complexity index is 395. The van der Waals surface area contributed by atoms with Crippen molar-refractivity contribution in [2.75, 3.05) is 20.1 Å². The van der Waals surface area contributed by atoms with Gasteiger partial charge in [0.05, 0.1) is 0 Å². The van der Waals surface area contributed by atoms with Gasteiger partial charge in [0, 0.05) is 18.6 Å². The molecule has 1 atom stereocenters. The second-order valence-corrected chi connectivity index (χ2v) is 6.87. The Balaban J connectivity index is 2.57.